The van der Waals surface area contributed by atoms with Crippen LogP contribution in [0.15, 0.2) is 0 Å². The molecule has 0 amide bonds. The van der Waals surface area contributed by atoms with Crippen molar-refractivity contribution >= 4 is 0 Å². The molecule has 0 aromatic rings. The Kier molecular flexibility index (Phi) is 6.37. The fourth-order valence-corrected chi connectivity index (χ4v) is 2.60. The Morgan fingerprint density at radius 2 is 1.81 bits per heavy atom. The zero-order valence-electron chi connectivity index (χ0n) is 11.5. The fraction of sp³-hybridized carbons (Fsp3) is 1.00. The molecule has 1 rings (SSSR count). The standard InChI is InChI=1S/C14H29NO/c1-11(2)9-10-12(3)15-13-7-5-6-8-14(13)16-4/h11-15H,5-10H2,1-4H3. The summed E-state index contributed by atoms with van der Waals surface area (Å²) in [4.78, 5) is 0. The van der Waals surface area contributed by atoms with Crippen molar-refractivity contribution in [2.75, 3.05) is 7.11 Å². The van der Waals surface area contributed by atoms with Gasteiger partial charge in [-0.3, -0.25) is 0 Å². The quantitative estimate of drug-likeness (QED) is 0.751. The van der Waals surface area contributed by atoms with Gasteiger partial charge in [0.2, 0.25) is 0 Å². The third kappa shape index (κ3) is 4.84. The molecule has 1 aliphatic carbocycles. The van der Waals surface area contributed by atoms with Gasteiger partial charge < -0.3 is 10.1 Å². The van der Waals surface area contributed by atoms with Crippen LogP contribution in [0.1, 0.15) is 59.3 Å². The summed E-state index contributed by atoms with van der Waals surface area (Å²) in [7, 11) is 1.85. The van der Waals surface area contributed by atoms with Gasteiger partial charge in [0.05, 0.1) is 6.10 Å². The molecular formula is C14H29NO. The maximum atomic E-state index is 5.57. The van der Waals surface area contributed by atoms with Gasteiger partial charge in [0, 0.05) is 19.2 Å². The van der Waals surface area contributed by atoms with Gasteiger partial charge in [-0.1, -0.05) is 26.7 Å². The predicted molar refractivity (Wildman–Crippen MR) is 69.7 cm³/mol. The van der Waals surface area contributed by atoms with Crippen molar-refractivity contribution in [3.05, 3.63) is 0 Å². The Morgan fingerprint density at radius 1 is 1.12 bits per heavy atom. The van der Waals surface area contributed by atoms with E-state index in [-0.39, 0.29) is 0 Å². The van der Waals surface area contributed by atoms with Crippen molar-refractivity contribution in [1.29, 1.82) is 0 Å². The van der Waals surface area contributed by atoms with Gasteiger partial charge in [-0.05, 0) is 38.5 Å². The predicted octanol–water partition coefficient (Wildman–Crippen LogP) is 3.36. The highest BCUT2D eigenvalue weighted by molar-refractivity contribution is 4.83. The van der Waals surface area contributed by atoms with Crippen LogP contribution in [0.2, 0.25) is 0 Å². The van der Waals surface area contributed by atoms with Crippen LogP contribution >= 0.6 is 0 Å². The molecular weight excluding hydrogens is 198 g/mol. The largest absolute Gasteiger partial charge is 0.380 e. The molecule has 1 N–H and O–H groups in total. The number of rotatable bonds is 6. The molecule has 1 saturated carbocycles. The molecule has 3 unspecified atom stereocenters. The van der Waals surface area contributed by atoms with Gasteiger partial charge in [0.25, 0.3) is 0 Å². The minimum Gasteiger partial charge on any atom is -0.380 e. The maximum absolute atomic E-state index is 5.57. The number of nitrogens with one attached hydrogen (secondary N) is 1. The van der Waals surface area contributed by atoms with Gasteiger partial charge in [-0.15, -0.1) is 0 Å². The Balaban J connectivity index is 2.27. The van der Waals surface area contributed by atoms with E-state index >= 15 is 0 Å². The smallest absolute Gasteiger partial charge is 0.0724 e. The topological polar surface area (TPSA) is 21.3 Å². The second-order valence-electron chi connectivity index (χ2n) is 5.70. The lowest BCUT2D eigenvalue weighted by atomic mass is 9.91. The number of ether oxygens (including phenoxy) is 1. The average molecular weight is 227 g/mol. The molecule has 2 nitrogen and oxygen atoms in total. The normalized spacial score (nSPS) is 28.3. The Morgan fingerprint density at radius 3 is 2.44 bits per heavy atom. The van der Waals surface area contributed by atoms with Crippen LogP contribution in [0.3, 0.4) is 0 Å². The van der Waals surface area contributed by atoms with Crippen LogP contribution < -0.4 is 5.32 Å². The molecule has 0 aromatic heterocycles. The Labute approximate surface area is 101 Å². The van der Waals surface area contributed by atoms with Gasteiger partial charge >= 0.3 is 0 Å². The van der Waals surface area contributed by atoms with E-state index in [1.54, 1.807) is 0 Å². The van der Waals surface area contributed by atoms with Gasteiger partial charge in [-0.25, -0.2) is 0 Å². The number of hydrogen-bond donors (Lipinski definition) is 1. The summed E-state index contributed by atoms with van der Waals surface area (Å²) in [6, 6.07) is 1.21. The minimum absolute atomic E-state index is 0.440. The molecule has 1 fully saturated rings. The third-order valence-electron chi connectivity index (χ3n) is 3.68. The molecule has 0 saturated heterocycles. The molecule has 0 heterocycles. The zero-order chi connectivity index (χ0) is 12.0. The summed E-state index contributed by atoms with van der Waals surface area (Å²) in [6.07, 6.45) is 8.24. The first kappa shape index (κ1) is 14.0. The van der Waals surface area contributed by atoms with E-state index < -0.39 is 0 Å². The summed E-state index contributed by atoms with van der Waals surface area (Å²) >= 11 is 0. The molecule has 16 heavy (non-hydrogen) atoms. The van der Waals surface area contributed by atoms with E-state index in [1.807, 2.05) is 7.11 Å². The van der Waals surface area contributed by atoms with Crippen molar-refractivity contribution in [3.63, 3.8) is 0 Å². The lowest BCUT2D eigenvalue weighted by Gasteiger charge is -2.33. The fourth-order valence-electron chi connectivity index (χ4n) is 2.60. The third-order valence-corrected chi connectivity index (χ3v) is 3.68. The van der Waals surface area contributed by atoms with Crippen molar-refractivity contribution in [2.24, 2.45) is 5.92 Å². The van der Waals surface area contributed by atoms with E-state index in [1.165, 1.54) is 38.5 Å². The van der Waals surface area contributed by atoms with E-state index in [9.17, 15) is 0 Å². The van der Waals surface area contributed by atoms with Crippen molar-refractivity contribution < 1.29 is 4.74 Å². The van der Waals surface area contributed by atoms with Crippen molar-refractivity contribution in [2.45, 2.75) is 77.5 Å². The average Bonchev–Trinajstić information content (AvgIpc) is 2.27. The second-order valence-corrected chi connectivity index (χ2v) is 5.70. The van der Waals surface area contributed by atoms with Crippen molar-refractivity contribution in [3.8, 4) is 0 Å². The van der Waals surface area contributed by atoms with Crippen LogP contribution in [0.4, 0.5) is 0 Å². The molecule has 0 radical (unpaired) electrons. The number of methoxy groups -OCH3 is 1. The highest BCUT2D eigenvalue weighted by atomic mass is 16.5. The lowest BCUT2D eigenvalue weighted by molar-refractivity contribution is 0.0379. The van der Waals surface area contributed by atoms with Gasteiger partial charge in [0.1, 0.15) is 0 Å². The molecule has 0 aromatic carbocycles. The van der Waals surface area contributed by atoms with Crippen LogP contribution in [0.25, 0.3) is 0 Å². The summed E-state index contributed by atoms with van der Waals surface area (Å²) < 4.78 is 5.57. The molecule has 2 heteroatoms. The Bertz CT molecular complexity index is 182. The molecule has 0 aliphatic heterocycles. The first-order valence-corrected chi connectivity index (χ1v) is 6.92. The first-order valence-electron chi connectivity index (χ1n) is 6.92. The molecule has 3 atom stereocenters. The number of hydrogen-bond acceptors (Lipinski definition) is 2. The van der Waals surface area contributed by atoms with Crippen LogP contribution in [0, 0.1) is 5.92 Å². The molecule has 0 bridgehead atoms. The van der Waals surface area contributed by atoms with Crippen LogP contribution in [-0.4, -0.2) is 25.3 Å². The zero-order valence-corrected chi connectivity index (χ0v) is 11.5. The summed E-state index contributed by atoms with van der Waals surface area (Å²) in [6.45, 7) is 6.90. The molecule has 0 spiro atoms. The van der Waals surface area contributed by atoms with E-state index in [0.29, 0.717) is 18.2 Å². The molecule has 96 valence electrons. The maximum Gasteiger partial charge on any atom is 0.0724 e. The highest BCUT2D eigenvalue weighted by Crippen LogP contribution is 2.21. The summed E-state index contributed by atoms with van der Waals surface area (Å²) in [5.74, 6) is 0.814. The minimum atomic E-state index is 0.440. The Hall–Kier alpha value is -0.0800. The van der Waals surface area contributed by atoms with E-state index in [0.717, 1.165) is 5.92 Å². The summed E-state index contributed by atoms with van der Waals surface area (Å²) in [5, 5.41) is 3.75. The van der Waals surface area contributed by atoms with E-state index in [2.05, 4.69) is 26.1 Å². The first-order chi connectivity index (χ1) is 7.63. The lowest BCUT2D eigenvalue weighted by Crippen LogP contribution is -2.46. The van der Waals surface area contributed by atoms with Crippen LogP contribution in [-0.2, 0) is 4.74 Å². The van der Waals surface area contributed by atoms with Crippen LogP contribution in [0.5, 0.6) is 0 Å². The highest BCUT2D eigenvalue weighted by Gasteiger charge is 2.25. The van der Waals surface area contributed by atoms with Gasteiger partial charge in [-0.2, -0.15) is 0 Å². The van der Waals surface area contributed by atoms with Crippen molar-refractivity contribution in [1.82, 2.24) is 5.32 Å². The second kappa shape index (κ2) is 7.29. The summed E-state index contributed by atoms with van der Waals surface area (Å²) in [5.41, 5.74) is 0. The monoisotopic (exact) mass is 227 g/mol. The van der Waals surface area contributed by atoms with Gasteiger partial charge in [0.15, 0.2) is 0 Å². The molecule has 1 aliphatic rings. The SMILES string of the molecule is COC1CCCCC1NC(C)CCC(C)C. The van der Waals surface area contributed by atoms with E-state index in [4.69, 9.17) is 4.74 Å².